The van der Waals surface area contributed by atoms with Crippen molar-refractivity contribution in [1.82, 2.24) is 19.8 Å². The molecule has 1 aliphatic rings. The zero-order chi connectivity index (χ0) is 22.7. The number of rotatable bonds is 6. The van der Waals surface area contributed by atoms with E-state index in [0.717, 1.165) is 23.5 Å². The standard InChI is InChI=1S/C26H32N4O2/c1-4-30-24-10-9-22(15-23(24)28-19(3)26(30)32)25(31)27-16-20-5-7-21(8-6-20)17-29-13-11-18(2)12-14-29/h5-10,15,18H,4,11-14,16-17H2,1-3H3,(H,27,31). The van der Waals surface area contributed by atoms with Gasteiger partial charge >= 0.3 is 0 Å². The SMILES string of the molecule is CCn1c(=O)c(C)nc2cc(C(=O)NCc3ccc(CN4CCC(C)CC4)cc3)ccc21. The molecule has 4 rings (SSSR count). The summed E-state index contributed by atoms with van der Waals surface area (Å²) >= 11 is 0. The van der Waals surface area contributed by atoms with E-state index in [1.165, 1.54) is 31.5 Å². The lowest BCUT2D eigenvalue weighted by Crippen LogP contribution is -2.32. The van der Waals surface area contributed by atoms with Crippen LogP contribution < -0.4 is 10.9 Å². The summed E-state index contributed by atoms with van der Waals surface area (Å²) in [4.78, 5) is 31.9. The Hall–Kier alpha value is -2.99. The Morgan fingerprint density at radius 3 is 2.47 bits per heavy atom. The van der Waals surface area contributed by atoms with Crippen LogP contribution in [0.4, 0.5) is 0 Å². The lowest BCUT2D eigenvalue weighted by atomic mass is 9.99. The first-order valence-corrected chi connectivity index (χ1v) is 11.5. The van der Waals surface area contributed by atoms with Gasteiger partial charge in [-0.1, -0.05) is 31.2 Å². The van der Waals surface area contributed by atoms with Crippen LogP contribution in [0.25, 0.3) is 11.0 Å². The highest BCUT2D eigenvalue weighted by Crippen LogP contribution is 2.18. The van der Waals surface area contributed by atoms with E-state index in [0.29, 0.717) is 29.9 Å². The molecule has 0 bridgehead atoms. The van der Waals surface area contributed by atoms with Crippen LogP contribution in [0, 0.1) is 12.8 Å². The number of carbonyl (C=O) groups is 1. The van der Waals surface area contributed by atoms with Gasteiger partial charge in [-0.25, -0.2) is 4.98 Å². The van der Waals surface area contributed by atoms with E-state index in [-0.39, 0.29) is 11.5 Å². The molecule has 3 aromatic rings. The first kappa shape index (κ1) is 22.2. The van der Waals surface area contributed by atoms with Crippen molar-refractivity contribution in [3.8, 4) is 0 Å². The fourth-order valence-electron chi connectivity index (χ4n) is 4.35. The van der Waals surface area contributed by atoms with E-state index in [4.69, 9.17) is 0 Å². The van der Waals surface area contributed by atoms with Crippen molar-refractivity contribution >= 4 is 16.9 Å². The quantitative estimate of drug-likeness (QED) is 0.642. The molecule has 1 aliphatic heterocycles. The van der Waals surface area contributed by atoms with Crippen molar-refractivity contribution < 1.29 is 4.79 Å². The third-order valence-electron chi connectivity index (χ3n) is 6.45. The number of aryl methyl sites for hydroxylation is 2. The summed E-state index contributed by atoms with van der Waals surface area (Å²) in [7, 11) is 0. The molecule has 0 unspecified atom stereocenters. The fraction of sp³-hybridized carbons (Fsp3) is 0.423. The van der Waals surface area contributed by atoms with E-state index in [9.17, 15) is 9.59 Å². The topological polar surface area (TPSA) is 67.2 Å². The van der Waals surface area contributed by atoms with Crippen LogP contribution in [-0.4, -0.2) is 33.4 Å². The molecule has 1 saturated heterocycles. The second-order valence-electron chi connectivity index (χ2n) is 8.91. The average Bonchev–Trinajstić information content (AvgIpc) is 2.80. The zero-order valence-corrected chi connectivity index (χ0v) is 19.2. The van der Waals surface area contributed by atoms with E-state index in [1.807, 2.05) is 6.92 Å². The molecule has 6 heteroatoms. The Morgan fingerprint density at radius 2 is 1.78 bits per heavy atom. The molecule has 168 valence electrons. The summed E-state index contributed by atoms with van der Waals surface area (Å²) in [5, 5.41) is 2.99. The Morgan fingerprint density at radius 1 is 1.09 bits per heavy atom. The van der Waals surface area contributed by atoms with Gasteiger partial charge in [-0.3, -0.25) is 14.5 Å². The molecule has 1 fully saturated rings. The van der Waals surface area contributed by atoms with E-state index < -0.39 is 0 Å². The molecule has 1 amide bonds. The summed E-state index contributed by atoms with van der Waals surface area (Å²) in [5.74, 6) is 0.698. The van der Waals surface area contributed by atoms with Crippen LogP contribution in [0.15, 0.2) is 47.3 Å². The van der Waals surface area contributed by atoms with Gasteiger partial charge in [0.15, 0.2) is 0 Å². The summed E-state index contributed by atoms with van der Waals surface area (Å²) in [6, 6.07) is 13.8. The van der Waals surface area contributed by atoms with Crippen molar-refractivity contribution in [3.05, 3.63) is 75.2 Å². The third kappa shape index (κ3) is 4.91. The van der Waals surface area contributed by atoms with Gasteiger partial charge in [0.25, 0.3) is 11.5 Å². The average molecular weight is 433 g/mol. The minimum absolute atomic E-state index is 0.0875. The Labute approximate surface area is 189 Å². The minimum atomic E-state index is -0.146. The number of likely N-dealkylation sites (tertiary alicyclic amines) is 1. The van der Waals surface area contributed by atoms with Crippen molar-refractivity contribution in [2.45, 2.75) is 53.2 Å². The Kier molecular flexibility index (Phi) is 6.70. The van der Waals surface area contributed by atoms with Gasteiger partial charge in [-0.05, 0) is 75.0 Å². The maximum atomic E-state index is 12.7. The predicted molar refractivity (Wildman–Crippen MR) is 128 cm³/mol. The second-order valence-corrected chi connectivity index (χ2v) is 8.91. The summed E-state index contributed by atoms with van der Waals surface area (Å²) in [6.45, 7) is 10.3. The van der Waals surface area contributed by atoms with Gasteiger partial charge in [0.2, 0.25) is 0 Å². The molecule has 6 nitrogen and oxygen atoms in total. The number of benzene rings is 2. The van der Waals surface area contributed by atoms with Gasteiger partial charge in [-0.2, -0.15) is 0 Å². The minimum Gasteiger partial charge on any atom is -0.348 e. The monoisotopic (exact) mass is 432 g/mol. The van der Waals surface area contributed by atoms with Crippen molar-refractivity contribution in [2.24, 2.45) is 5.92 Å². The Bertz CT molecular complexity index is 1160. The van der Waals surface area contributed by atoms with Gasteiger partial charge in [-0.15, -0.1) is 0 Å². The number of fused-ring (bicyclic) bond motifs is 1. The molecule has 32 heavy (non-hydrogen) atoms. The second kappa shape index (κ2) is 9.65. The molecule has 0 atom stereocenters. The van der Waals surface area contributed by atoms with Gasteiger partial charge in [0.05, 0.1) is 11.0 Å². The van der Waals surface area contributed by atoms with E-state index >= 15 is 0 Å². The van der Waals surface area contributed by atoms with Crippen LogP contribution in [0.1, 0.15) is 53.9 Å². The van der Waals surface area contributed by atoms with Crippen molar-refractivity contribution in [2.75, 3.05) is 13.1 Å². The molecule has 0 spiro atoms. The lowest BCUT2D eigenvalue weighted by Gasteiger charge is -2.30. The number of hydrogen-bond acceptors (Lipinski definition) is 4. The van der Waals surface area contributed by atoms with Crippen LogP contribution in [-0.2, 0) is 19.6 Å². The molecule has 1 aromatic heterocycles. The highest BCUT2D eigenvalue weighted by molar-refractivity contribution is 5.97. The molecule has 2 heterocycles. The maximum absolute atomic E-state index is 12.7. The van der Waals surface area contributed by atoms with Crippen molar-refractivity contribution in [3.63, 3.8) is 0 Å². The Balaban J connectivity index is 1.38. The zero-order valence-electron chi connectivity index (χ0n) is 19.2. The van der Waals surface area contributed by atoms with Crippen molar-refractivity contribution in [1.29, 1.82) is 0 Å². The van der Waals surface area contributed by atoms with Gasteiger partial charge < -0.3 is 9.88 Å². The largest absolute Gasteiger partial charge is 0.348 e. The molecule has 0 saturated carbocycles. The fourth-order valence-corrected chi connectivity index (χ4v) is 4.35. The molecular formula is C26H32N4O2. The van der Waals surface area contributed by atoms with Crippen LogP contribution in [0.3, 0.4) is 0 Å². The maximum Gasteiger partial charge on any atom is 0.272 e. The molecule has 0 radical (unpaired) electrons. The highest BCUT2D eigenvalue weighted by atomic mass is 16.1. The summed E-state index contributed by atoms with van der Waals surface area (Å²) in [6.07, 6.45) is 2.56. The number of piperidine rings is 1. The van der Waals surface area contributed by atoms with Gasteiger partial charge in [0, 0.05) is 25.2 Å². The first-order valence-electron chi connectivity index (χ1n) is 11.5. The summed E-state index contributed by atoms with van der Waals surface area (Å²) < 4.78 is 1.69. The number of hydrogen-bond donors (Lipinski definition) is 1. The third-order valence-corrected chi connectivity index (χ3v) is 6.45. The van der Waals surface area contributed by atoms with Crippen LogP contribution in [0.2, 0.25) is 0 Å². The summed E-state index contributed by atoms with van der Waals surface area (Å²) in [5.41, 5.74) is 4.69. The van der Waals surface area contributed by atoms with E-state index in [2.05, 4.69) is 46.4 Å². The van der Waals surface area contributed by atoms with Crippen LogP contribution >= 0.6 is 0 Å². The highest BCUT2D eigenvalue weighted by Gasteiger charge is 2.15. The van der Waals surface area contributed by atoms with Gasteiger partial charge in [0.1, 0.15) is 5.69 Å². The number of nitrogens with one attached hydrogen (secondary N) is 1. The number of carbonyl (C=O) groups excluding carboxylic acids is 1. The smallest absolute Gasteiger partial charge is 0.272 e. The lowest BCUT2D eigenvalue weighted by molar-refractivity contribution is 0.0951. The normalized spacial score (nSPS) is 15.2. The molecular weight excluding hydrogens is 400 g/mol. The molecule has 1 N–H and O–H groups in total. The van der Waals surface area contributed by atoms with Crippen LogP contribution in [0.5, 0.6) is 0 Å². The van der Waals surface area contributed by atoms with E-state index in [1.54, 1.807) is 29.7 Å². The number of nitrogens with zero attached hydrogens (tertiary/aromatic N) is 3. The predicted octanol–water partition coefficient (Wildman–Crippen LogP) is 3.89. The number of amides is 1. The number of aromatic nitrogens is 2. The molecule has 2 aromatic carbocycles. The first-order chi connectivity index (χ1) is 15.4. The molecule has 0 aliphatic carbocycles.